The molecule has 12 heavy (non-hydrogen) atoms. The molecule has 1 aliphatic rings. The van der Waals surface area contributed by atoms with Gasteiger partial charge in [-0.1, -0.05) is 12.1 Å². The molecule has 0 saturated heterocycles. The molecule has 1 aliphatic carbocycles. The standard InChI is InChI=1S/C8H11ClN2O/c1-4-3-6(4)8-10-7(5(2)9)11-12-8/h4-6H,3H2,1-2H3. The fourth-order valence-electron chi connectivity index (χ4n) is 1.23. The zero-order valence-electron chi connectivity index (χ0n) is 7.12. The zero-order chi connectivity index (χ0) is 8.72. The molecule has 1 saturated carbocycles. The summed E-state index contributed by atoms with van der Waals surface area (Å²) in [7, 11) is 0. The lowest BCUT2D eigenvalue weighted by atomic mass is 10.3. The molecule has 0 spiro atoms. The molecule has 1 aromatic rings. The first kappa shape index (κ1) is 8.05. The van der Waals surface area contributed by atoms with E-state index in [0.717, 1.165) is 12.3 Å². The van der Waals surface area contributed by atoms with Crippen molar-refractivity contribution in [2.45, 2.75) is 31.6 Å². The fraction of sp³-hybridized carbons (Fsp3) is 0.750. The predicted molar refractivity (Wildman–Crippen MR) is 45.1 cm³/mol. The van der Waals surface area contributed by atoms with Crippen molar-refractivity contribution in [2.75, 3.05) is 0 Å². The van der Waals surface area contributed by atoms with Crippen LogP contribution in [-0.2, 0) is 0 Å². The molecule has 3 unspecified atom stereocenters. The summed E-state index contributed by atoms with van der Waals surface area (Å²) in [4.78, 5) is 4.21. The molecule has 1 aromatic heterocycles. The quantitative estimate of drug-likeness (QED) is 0.667. The highest BCUT2D eigenvalue weighted by molar-refractivity contribution is 6.20. The van der Waals surface area contributed by atoms with Gasteiger partial charge in [0.2, 0.25) is 5.89 Å². The van der Waals surface area contributed by atoms with Gasteiger partial charge in [-0.2, -0.15) is 4.98 Å². The molecule has 1 fully saturated rings. The van der Waals surface area contributed by atoms with Crippen molar-refractivity contribution < 1.29 is 4.52 Å². The van der Waals surface area contributed by atoms with Crippen LogP contribution in [-0.4, -0.2) is 10.1 Å². The van der Waals surface area contributed by atoms with Crippen LogP contribution in [0.25, 0.3) is 0 Å². The van der Waals surface area contributed by atoms with Gasteiger partial charge in [0.05, 0.1) is 5.38 Å². The van der Waals surface area contributed by atoms with Gasteiger partial charge < -0.3 is 4.52 Å². The predicted octanol–water partition coefficient (Wildman–Crippen LogP) is 2.49. The lowest BCUT2D eigenvalue weighted by Gasteiger charge is -1.89. The minimum absolute atomic E-state index is 0.156. The SMILES string of the molecule is CC(Cl)c1noc(C2CC2C)n1. The summed E-state index contributed by atoms with van der Waals surface area (Å²) < 4.78 is 5.07. The van der Waals surface area contributed by atoms with Crippen molar-refractivity contribution in [2.24, 2.45) is 5.92 Å². The largest absolute Gasteiger partial charge is 0.339 e. The third-order valence-electron chi connectivity index (χ3n) is 2.24. The number of halogens is 1. The summed E-state index contributed by atoms with van der Waals surface area (Å²) >= 11 is 5.79. The Hall–Kier alpha value is -0.570. The van der Waals surface area contributed by atoms with Crippen molar-refractivity contribution in [3.63, 3.8) is 0 Å². The van der Waals surface area contributed by atoms with Gasteiger partial charge in [-0.25, -0.2) is 0 Å². The number of hydrogen-bond donors (Lipinski definition) is 0. The van der Waals surface area contributed by atoms with E-state index in [1.165, 1.54) is 0 Å². The van der Waals surface area contributed by atoms with Crippen LogP contribution < -0.4 is 0 Å². The summed E-state index contributed by atoms with van der Waals surface area (Å²) in [6.07, 6.45) is 1.16. The van der Waals surface area contributed by atoms with E-state index in [2.05, 4.69) is 17.1 Å². The molecule has 0 radical (unpaired) electrons. The zero-order valence-corrected chi connectivity index (χ0v) is 7.88. The van der Waals surface area contributed by atoms with Crippen molar-refractivity contribution in [1.29, 1.82) is 0 Å². The number of rotatable bonds is 2. The third kappa shape index (κ3) is 1.33. The molecule has 3 nitrogen and oxygen atoms in total. The topological polar surface area (TPSA) is 38.9 Å². The number of aromatic nitrogens is 2. The summed E-state index contributed by atoms with van der Waals surface area (Å²) in [5.74, 6) is 2.54. The maximum absolute atomic E-state index is 5.79. The van der Waals surface area contributed by atoms with E-state index in [1.54, 1.807) is 0 Å². The number of hydrogen-bond acceptors (Lipinski definition) is 3. The van der Waals surface area contributed by atoms with Crippen molar-refractivity contribution >= 4 is 11.6 Å². The van der Waals surface area contributed by atoms with Gasteiger partial charge in [-0.05, 0) is 19.3 Å². The Morgan fingerprint density at radius 3 is 2.75 bits per heavy atom. The Bertz CT molecular complexity index is 284. The van der Waals surface area contributed by atoms with Crippen LogP contribution in [0.5, 0.6) is 0 Å². The Morgan fingerprint density at radius 2 is 2.33 bits per heavy atom. The van der Waals surface area contributed by atoms with Gasteiger partial charge in [0.1, 0.15) is 0 Å². The highest BCUT2D eigenvalue weighted by atomic mass is 35.5. The molecule has 2 rings (SSSR count). The summed E-state index contributed by atoms with van der Waals surface area (Å²) in [5, 5.41) is 3.64. The maximum Gasteiger partial charge on any atom is 0.230 e. The van der Waals surface area contributed by atoms with Gasteiger partial charge in [-0.15, -0.1) is 11.6 Å². The van der Waals surface area contributed by atoms with Crippen LogP contribution in [0.4, 0.5) is 0 Å². The normalized spacial score (nSPS) is 30.2. The number of nitrogens with zero attached hydrogens (tertiary/aromatic N) is 2. The first-order valence-corrected chi connectivity index (χ1v) is 4.59. The van der Waals surface area contributed by atoms with E-state index in [9.17, 15) is 0 Å². The van der Waals surface area contributed by atoms with Crippen LogP contribution in [0.15, 0.2) is 4.52 Å². The van der Waals surface area contributed by atoms with E-state index >= 15 is 0 Å². The minimum Gasteiger partial charge on any atom is -0.339 e. The Labute approximate surface area is 76.1 Å². The van der Waals surface area contributed by atoms with Crippen LogP contribution in [0.2, 0.25) is 0 Å². The van der Waals surface area contributed by atoms with Crippen LogP contribution >= 0.6 is 11.6 Å². The highest BCUT2D eigenvalue weighted by Crippen LogP contribution is 2.46. The van der Waals surface area contributed by atoms with Crippen molar-refractivity contribution in [3.05, 3.63) is 11.7 Å². The van der Waals surface area contributed by atoms with E-state index in [0.29, 0.717) is 17.7 Å². The number of alkyl halides is 1. The second-order valence-corrected chi connectivity index (χ2v) is 4.08. The molecule has 4 heteroatoms. The summed E-state index contributed by atoms with van der Waals surface area (Å²) in [6, 6.07) is 0. The average Bonchev–Trinajstić information content (AvgIpc) is 2.59. The van der Waals surface area contributed by atoms with E-state index in [4.69, 9.17) is 16.1 Å². The minimum atomic E-state index is -0.156. The van der Waals surface area contributed by atoms with E-state index < -0.39 is 0 Å². The van der Waals surface area contributed by atoms with Crippen LogP contribution in [0, 0.1) is 5.92 Å². The molecule has 0 amide bonds. The Kier molecular flexibility index (Phi) is 1.83. The van der Waals surface area contributed by atoms with Gasteiger partial charge in [0, 0.05) is 5.92 Å². The first-order valence-electron chi connectivity index (χ1n) is 4.16. The van der Waals surface area contributed by atoms with Gasteiger partial charge >= 0.3 is 0 Å². The molecule has 66 valence electrons. The Balaban J connectivity index is 2.14. The van der Waals surface area contributed by atoms with Gasteiger partial charge in [0.15, 0.2) is 5.82 Å². The van der Waals surface area contributed by atoms with Gasteiger partial charge in [0.25, 0.3) is 0 Å². The molecule has 0 aliphatic heterocycles. The molecule has 1 heterocycles. The average molecular weight is 187 g/mol. The molecule has 0 aromatic carbocycles. The van der Waals surface area contributed by atoms with E-state index in [1.807, 2.05) is 6.92 Å². The molecular formula is C8H11ClN2O. The fourth-order valence-corrected chi connectivity index (χ4v) is 1.31. The summed E-state index contributed by atoms with van der Waals surface area (Å²) in [5.41, 5.74) is 0. The van der Waals surface area contributed by atoms with Crippen molar-refractivity contribution in [3.8, 4) is 0 Å². The lowest BCUT2D eigenvalue weighted by molar-refractivity contribution is 0.371. The second kappa shape index (κ2) is 2.73. The summed E-state index contributed by atoms with van der Waals surface area (Å²) in [6.45, 7) is 4.02. The smallest absolute Gasteiger partial charge is 0.230 e. The first-order chi connectivity index (χ1) is 5.68. The molecule has 0 bridgehead atoms. The second-order valence-electron chi connectivity index (χ2n) is 3.43. The van der Waals surface area contributed by atoms with Crippen molar-refractivity contribution in [1.82, 2.24) is 10.1 Å². The molecule has 3 atom stereocenters. The van der Waals surface area contributed by atoms with Gasteiger partial charge in [-0.3, -0.25) is 0 Å². The highest BCUT2D eigenvalue weighted by Gasteiger charge is 2.39. The molecular weight excluding hydrogens is 176 g/mol. The molecule has 0 N–H and O–H groups in total. The van der Waals surface area contributed by atoms with Crippen LogP contribution in [0.1, 0.15) is 43.3 Å². The Morgan fingerprint density at radius 1 is 1.67 bits per heavy atom. The van der Waals surface area contributed by atoms with E-state index in [-0.39, 0.29) is 5.38 Å². The third-order valence-corrected chi connectivity index (χ3v) is 2.44. The monoisotopic (exact) mass is 186 g/mol. The maximum atomic E-state index is 5.79. The van der Waals surface area contributed by atoms with Crippen LogP contribution in [0.3, 0.4) is 0 Å². The lowest BCUT2D eigenvalue weighted by Crippen LogP contribution is -1.87.